The Morgan fingerprint density at radius 3 is 2.49 bits per heavy atom. The van der Waals surface area contributed by atoms with Gasteiger partial charge in [0.25, 0.3) is 5.56 Å². The maximum Gasteiger partial charge on any atom is 0.472 e. The van der Waals surface area contributed by atoms with Gasteiger partial charge in [0.05, 0.1) is 25.9 Å². The Balaban J connectivity index is 1.20. The van der Waals surface area contributed by atoms with Crippen LogP contribution in [0.1, 0.15) is 12.5 Å². The Bertz CT molecular complexity index is 1870. The van der Waals surface area contributed by atoms with Gasteiger partial charge >= 0.3 is 16.5 Å². The number of hydrogen-bond acceptors (Lipinski definition) is 17. The number of H-pyrrole nitrogens is 1. The van der Waals surface area contributed by atoms with Gasteiger partial charge in [-0.25, -0.2) is 33.5 Å². The third-order valence-corrected chi connectivity index (χ3v) is 8.76. The van der Waals surface area contributed by atoms with Crippen LogP contribution < -0.4 is 17.0 Å². The van der Waals surface area contributed by atoms with Crippen molar-refractivity contribution in [3.63, 3.8) is 0 Å². The molecule has 47 heavy (non-hydrogen) atoms. The summed E-state index contributed by atoms with van der Waals surface area (Å²) in [4.78, 5) is 45.6. The Hall–Kier alpha value is -3.50. The maximum atomic E-state index is 15.9. The fourth-order valence-electron chi connectivity index (χ4n) is 5.54. The van der Waals surface area contributed by atoms with Crippen molar-refractivity contribution in [1.29, 1.82) is 0 Å². The number of imidazole rings is 2. The number of rotatable bonds is 13. The molecule has 2 aliphatic rings. The minimum absolute atomic E-state index is 0.00701. The van der Waals surface area contributed by atoms with Gasteiger partial charge in [-0.3, -0.25) is 32.5 Å². The van der Waals surface area contributed by atoms with E-state index in [4.69, 9.17) is 44.0 Å². The highest BCUT2D eigenvalue weighted by molar-refractivity contribution is 7.47. The summed E-state index contributed by atoms with van der Waals surface area (Å²) in [5, 5.41) is 0. The number of nitrogen functional groups attached to an aromatic ring is 2. The molecule has 6 heterocycles. The van der Waals surface area contributed by atoms with Crippen LogP contribution in [0.5, 0.6) is 0 Å². The zero-order chi connectivity index (χ0) is 33.5. The molecule has 0 radical (unpaired) electrons. The van der Waals surface area contributed by atoms with Gasteiger partial charge in [0.1, 0.15) is 50.2 Å². The van der Waals surface area contributed by atoms with Crippen LogP contribution in [0, 0.1) is 0 Å². The van der Waals surface area contributed by atoms with Crippen LogP contribution in [-0.2, 0) is 41.6 Å². The van der Waals surface area contributed by atoms with Crippen LogP contribution in [0.25, 0.3) is 22.3 Å². The summed E-state index contributed by atoms with van der Waals surface area (Å²) in [7, 11) is -2.69. The molecular formula is C22H28BFN10O11P2. The molecule has 0 aromatic carbocycles. The van der Waals surface area contributed by atoms with Gasteiger partial charge in [-0.2, -0.15) is 4.98 Å². The summed E-state index contributed by atoms with van der Waals surface area (Å²) < 4.78 is 81.5. The van der Waals surface area contributed by atoms with Crippen molar-refractivity contribution in [2.75, 3.05) is 38.3 Å². The lowest BCUT2D eigenvalue weighted by atomic mass is 10.1. The van der Waals surface area contributed by atoms with Crippen molar-refractivity contribution in [3.05, 3.63) is 29.3 Å². The Labute approximate surface area is 265 Å². The molecule has 0 aliphatic carbocycles. The molecule has 9 atom stereocenters. The zero-order valence-corrected chi connectivity index (χ0v) is 26.3. The average molecular weight is 700 g/mol. The van der Waals surface area contributed by atoms with Crippen LogP contribution >= 0.6 is 16.5 Å². The Kier molecular flexibility index (Phi) is 9.63. The maximum absolute atomic E-state index is 15.9. The molecule has 21 nitrogen and oxygen atoms in total. The molecule has 6 rings (SSSR count). The number of phosphoric acid groups is 1. The highest BCUT2D eigenvalue weighted by Crippen LogP contribution is 2.50. The third kappa shape index (κ3) is 6.39. The first-order chi connectivity index (χ1) is 22.6. The molecule has 4 aromatic rings. The first kappa shape index (κ1) is 33.4. The number of hydrogen-bond donors (Lipinski definition) is 4. The molecule has 252 valence electrons. The van der Waals surface area contributed by atoms with E-state index in [2.05, 4.69) is 29.9 Å². The predicted molar refractivity (Wildman–Crippen MR) is 158 cm³/mol. The van der Waals surface area contributed by atoms with Crippen LogP contribution in [-0.4, -0.2) is 115 Å². The number of anilines is 2. The number of ether oxygens (including phenoxy) is 4. The summed E-state index contributed by atoms with van der Waals surface area (Å²) >= 11 is 0. The van der Waals surface area contributed by atoms with E-state index in [1.807, 2.05) is 0 Å². The van der Waals surface area contributed by atoms with Crippen molar-refractivity contribution >= 4 is 58.4 Å². The van der Waals surface area contributed by atoms with E-state index in [0.717, 1.165) is 6.33 Å². The number of nitrogens with one attached hydrogen (secondary N) is 1. The largest absolute Gasteiger partial charge is 0.472 e. The highest BCUT2D eigenvalue weighted by Gasteiger charge is 2.52. The smallest absolute Gasteiger partial charge is 0.382 e. The van der Waals surface area contributed by atoms with E-state index < -0.39 is 84.4 Å². The second-order valence-electron chi connectivity index (χ2n) is 10.3. The van der Waals surface area contributed by atoms with Gasteiger partial charge in [-0.15, -0.1) is 0 Å². The molecule has 25 heteroatoms. The second-order valence-corrected chi connectivity index (χ2v) is 12.1. The molecule has 9 unspecified atom stereocenters. The van der Waals surface area contributed by atoms with Gasteiger partial charge in [-0.05, 0) is 0 Å². The predicted octanol–water partition coefficient (Wildman–Crippen LogP) is -1.03. The van der Waals surface area contributed by atoms with E-state index in [9.17, 15) is 18.8 Å². The van der Waals surface area contributed by atoms with Crippen molar-refractivity contribution in [2.24, 2.45) is 0 Å². The number of methoxy groups -OCH3 is 1. The average Bonchev–Trinajstić information content (AvgIpc) is 3.80. The number of phosphoric ester groups is 1. The summed E-state index contributed by atoms with van der Waals surface area (Å²) in [6.07, 6.45) is -6.67. The fraction of sp³-hybridized carbons (Fsp3) is 0.545. The van der Waals surface area contributed by atoms with Gasteiger partial charge < -0.3 is 35.3 Å². The first-order valence-electron chi connectivity index (χ1n) is 13.9. The fourth-order valence-corrected chi connectivity index (χ4v) is 6.70. The standard InChI is InChI=1S/C22H28BFN10O11P2/c1-39-14-9(44-21(15(14)40-4-23)34-7-30-12-18(34)31-22(26)32-19(12)35)3-42-47(37,38)45-13-8(2-41-46-36)43-20(10(13)24)33-6-29-11-16(25)27-5-28-17(11)33/h5-10,13-15,20-21H,2-4,23H2,1H3,(H,37,38)(H2,25,27,28)(H3,26,31,32,35). The number of halogens is 1. The quantitative estimate of drug-likeness (QED) is 0.0958. The molecule has 2 aliphatic heterocycles. The summed E-state index contributed by atoms with van der Waals surface area (Å²) in [6, 6.07) is 0. The van der Waals surface area contributed by atoms with E-state index in [1.165, 1.54) is 28.9 Å². The van der Waals surface area contributed by atoms with Gasteiger partial charge in [-0.1, -0.05) is 0 Å². The minimum atomic E-state index is -5.06. The molecule has 0 bridgehead atoms. The lowest BCUT2D eigenvalue weighted by molar-refractivity contribution is -0.0639. The van der Waals surface area contributed by atoms with Crippen molar-refractivity contribution in [3.8, 4) is 0 Å². The van der Waals surface area contributed by atoms with Crippen molar-refractivity contribution in [2.45, 2.75) is 49.1 Å². The van der Waals surface area contributed by atoms with Crippen molar-refractivity contribution < 1.29 is 50.9 Å². The van der Waals surface area contributed by atoms with Gasteiger partial charge in [0.15, 0.2) is 41.3 Å². The Morgan fingerprint density at radius 2 is 1.77 bits per heavy atom. The summed E-state index contributed by atoms with van der Waals surface area (Å²) in [5.74, 6) is -0.112. The number of fused-ring (bicyclic) bond motifs is 2. The number of nitrogens with two attached hydrogens (primary N) is 2. The first-order valence-corrected chi connectivity index (χ1v) is 16.1. The van der Waals surface area contributed by atoms with Crippen LogP contribution in [0.2, 0.25) is 0 Å². The molecule has 0 spiro atoms. The van der Waals surface area contributed by atoms with Crippen LogP contribution in [0.15, 0.2) is 23.8 Å². The number of aromatic nitrogens is 8. The molecule has 0 saturated carbocycles. The lowest BCUT2D eigenvalue weighted by Crippen LogP contribution is -2.38. The number of nitrogens with zero attached hydrogens (tertiary/aromatic N) is 7. The minimum Gasteiger partial charge on any atom is -0.382 e. The number of alkyl halides is 1. The lowest BCUT2D eigenvalue weighted by Gasteiger charge is -2.24. The molecule has 0 amide bonds. The second kappa shape index (κ2) is 13.6. The summed E-state index contributed by atoms with van der Waals surface area (Å²) in [6.45, 7) is -0.849. The van der Waals surface area contributed by atoms with E-state index in [0.29, 0.717) is 0 Å². The van der Waals surface area contributed by atoms with E-state index >= 15 is 4.39 Å². The van der Waals surface area contributed by atoms with Crippen LogP contribution in [0.4, 0.5) is 16.2 Å². The van der Waals surface area contributed by atoms with E-state index in [-0.39, 0.29) is 40.6 Å². The monoisotopic (exact) mass is 700 g/mol. The topological polar surface area (TPSA) is 278 Å². The third-order valence-electron chi connectivity index (χ3n) is 7.52. The highest BCUT2D eigenvalue weighted by atomic mass is 31.2. The zero-order valence-electron chi connectivity index (χ0n) is 24.6. The summed E-state index contributed by atoms with van der Waals surface area (Å²) in [5.41, 5.74) is 11.4. The van der Waals surface area contributed by atoms with Gasteiger partial charge in [0, 0.05) is 13.6 Å². The SMILES string of the molecule is BCOC1C(OC)C(COP(=O)(O)OC2C(COP=O)OC(n3cnc4c(N)ncnc43)C2F)OC1n1cnc2c(=O)[nH]c(N)nc21. The van der Waals surface area contributed by atoms with Gasteiger partial charge in [0.2, 0.25) is 5.95 Å². The van der Waals surface area contributed by atoms with E-state index in [1.54, 1.807) is 7.85 Å². The number of aromatic amines is 1. The molecule has 6 N–H and O–H groups in total. The molecule has 4 aromatic heterocycles. The van der Waals surface area contributed by atoms with Crippen molar-refractivity contribution in [1.82, 2.24) is 39.0 Å². The Morgan fingerprint density at radius 1 is 1.06 bits per heavy atom. The molecule has 2 saturated heterocycles. The normalized spacial score (nSPS) is 29.3. The van der Waals surface area contributed by atoms with Crippen LogP contribution in [0.3, 0.4) is 0 Å². The molecular weight excluding hydrogens is 672 g/mol. The molecule has 2 fully saturated rings.